The number of thiophene rings is 1. The minimum Gasteiger partial charge on any atom is -0.496 e. The second-order valence-electron chi connectivity index (χ2n) is 9.11. The van der Waals surface area contributed by atoms with E-state index in [4.69, 9.17) is 14.5 Å². The zero-order valence-corrected chi connectivity index (χ0v) is 20.1. The molecular formula is C25H25N5O3S. The first-order valence-electron chi connectivity index (χ1n) is 11.2. The summed E-state index contributed by atoms with van der Waals surface area (Å²) in [4.78, 5) is 19.2. The molecule has 34 heavy (non-hydrogen) atoms. The van der Waals surface area contributed by atoms with Gasteiger partial charge in [-0.05, 0) is 55.0 Å². The van der Waals surface area contributed by atoms with Gasteiger partial charge in [-0.1, -0.05) is 6.07 Å². The fourth-order valence-electron chi connectivity index (χ4n) is 4.71. The van der Waals surface area contributed by atoms with Crippen LogP contribution in [-0.4, -0.2) is 51.1 Å². The molecule has 1 saturated heterocycles. The van der Waals surface area contributed by atoms with Crippen LogP contribution in [0.15, 0.2) is 41.9 Å². The highest BCUT2D eigenvalue weighted by atomic mass is 32.1. The maximum atomic E-state index is 13.3. The van der Waals surface area contributed by atoms with Crippen LogP contribution in [0, 0.1) is 0 Å². The molecule has 0 atom stereocenters. The number of methoxy groups -OCH3 is 1. The number of fused-ring (bicyclic) bond motifs is 3. The molecule has 9 heteroatoms. The summed E-state index contributed by atoms with van der Waals surface area (Å²) in [5.41, 5.74) is 4.98. The minimum atomic E-state index is -0.344. The smallest absolute Gasteiger partial charge is 0.272 e. The van der Waals surface area contributed by atoms with Gasteiger partial charge in [0.1, 0.15) is 5.75 Å². The Kier molecular flexibility index (Phi) is 4.86. The molecule has 8 nitrogen and oxygen atoms in total. The number of benzene rings is 1. The first-order chi connectivity index (χ1) is 16.5. The van der Waals surface area contributed by atoms with Crippen molar-refractivity contribution in [1.29, 1.82) is 0 Å². The number of nitrogens with zero attached hydrogens (tertiary/aromatic N) is 4. The summed E-state index contributed by atoms with van der Waals surface area (Å²) in [6.45, 7) is 3.03. The van der Waals surface area contributed by atoms with Crippen molar-refractivity contribution in [2.45, 2.75) is 25.3 Å². The number of rotatable bonds is 5. The summed E-state index contributed by atoms with van der Waals surface area (Å²) in [5, 5.41) is 9.75. The molecule has 5 heterocycles. The summed E-state index contributed by atoms with van der Waals surface area (Å²) < 4.78 is 15.0. The normalized spacial score (nSPS) is 15.9. The number of hydrogen-bond acceptors (Lipinski definition) is 6. The third kappa shape index (κ3) is 3.35. The standard InChI is InChI=1S/C25H25N5O3S/c1-25(13-33-14-25)27-24(31)22-18-7-6-15-11-20(32-3)16(17-8-9-29(2)28-17)12-19(15)30(18)23(26-22)21-5-4-10-34-21/h4-5,8-12H,6-7,13-14H2,1-3H3,(H,27,31). The van der Waals surface area contributed by atoms with Gasteiger partial charge in [-0.15, -0.1) is 11.3 Å². The minimum absolute atomic E-state index is 0.153. The van der Waals surface area contributed by atoms with Crippen molar-refractivity contribution in [3.63, 3.8) is 0 Å². The van der Waals surface area contributed by atoms with Gasteiger partial charge in [0.15, 0.2) is 11.5 Å². The lowest BCUT2D eigenvalue weighted by Gasteiger charge is -2.38. The molecule has 3 aromatic heterocycles. The summed E-state index contributed by atoms with van der Waals surface area (Å²) in [6, 6.07) is 10.2. The Morgan fingerprint density at radius 1 is 1.26 bits per heavy atom. The van der Waals surface area contributed by atoms with E-state index in [1.165, 1.54) is 0 Å². The number of imidazole rings is 1. The number of amides is 1. The van der Waals surface area contributed by atoms with Gasteiger partial charge in [-0.2, -0.15) is 5.10 Å². The third-order valence-electron chi connectivity index (χ3n) is 6.45. The molecule has 0 bridgehead atoms. The molecule has 2 aliphatic rings. The summed E-state index contributed by atoms with van der Waals surface area (Å²) in [7, 11) is 3.58. The summed E-state index contributed by atoms with van der Waals surface area (Å²) in [6.07, 6.45) is 3.43. The molecule has 2 aliphatic heterocycles. The van der Waals surface area contributed by atoms with Gasteiger partial charge < -0.3 is 14.8 Å². The molecule has 1 amide bonds. The van der Waals surface area contributed by atoms with Crippen LogP contribution < -0.4 is 10.1 Å². The van der Waals surface area contributed by atoms with E-state index in [-0.39, 0.29) is 11.4 Å². The molecule has 0 radical (unpaired) electrons. The topological polar surface area (TPSA) is 83.2 Å². The SMILES string of the molecule is COc1cc2c(cc1-c1ccn(C)n1)-n1c(-c3cccs3)nc(C(=O)NC3(C)COC3)c1CC2. The molecule has 0 spiro atoms. The number of aryl methyl sites for hydroxylation is 2. The number of carbonyl (C=O) groups is 1. The summed E-state index contributed by atoms with van der Waals surface area (Å²) in [5.74, 6) is 1.41. The number of aromatic nitrogens is 4. The van der Waals surface area contributed by atoms with Crippen LogP contribution in [0.2, 0.25) is 0 Å². The zero-order valence-electron chi connectivity index (χ0n) is 19.3. The van der Waals surface area contributed by atoms with Gasteiger partial charge >= 0.3 is 0 Å². The van der Waals surface area contributed by atoms with Crippen molar-refractivity contribution in [3.05, 3.63) is 58.9 Å². The van der Waals surface area contributed by atoms with E-state index < -0.39 is 0 Å². The Morgan fingerprint density at radius 2 is 2.12 bits per heavy atom. The van der Waals surface area contributed by atoms with Gasteiger partial charge in [-0.3, -0.25) is 14.0 Å². The van der Waals surface area contributed by atoms with Crippen LogP contribution in [0.4, 0.5) is 0 Å². The van der Waals surface area contributed by atoms with Crippen molar-refractivity contribution >= 4 is 17.2 Å². The molecule has 1 fully saturated rings. The lowest BCUT2D eigenvalue weighted by Crippen LogP contribution is -2.60. The molecule has 0 unspecified atom stereocenters. The van der Waals surface area contributed by atoms with E-state index in [9.17, 15) is 4.79 Å². The van der Waals surface area contributed by atoms with Crippen molar-refractivity contribution in [2.24, 2.45) is 7.05 Å². The highest BCUT2D eigenvalue weighted by Crippen LogP contribution is 2.40. The van der Waals surface area contributed by atoms with Crippen LogP contribution in [0.25, 0.3) is 27.6 Å². The van der Waals surface area contributed by atoms with Crippen LogP contribution in [-0.2, 0) is 24.6 Å². The highest BCUT2D eigenvalue weighted by molar-refractivity contribution is 7.13. The van der Waals surface area contributed by atoms with E-state index in [0.29, 0.717) is 25.3 Å². The van der Waals surface area contributed by atoms with Crippen LogP contribution >= 0.6 is 11.3 Å². The van der Waals surface area contributed by atoms with Crippen molar-refractivity contribution in [3.8, 4) is 33.4 Å². The van der Waals surface area contributed by atoms with Crippen LogP contribution in [0.3, 0.4) is 0 Å². The lowest BCUT2D eigenvalue weighted by molar-refractivity contribution is -0.0594. The molecular weight excluding hydrogens is 450 g/mol. The van der Waals surface area contributed by atoms with Gasteiger partial charge in [0.25, 0.3) is 5.91 Å². The average molecular weight is 476 g/mol. The Morgan fingerprint density at radius 3 is 2.76 bits per heavy atom. The highest BCUT2D eigenvalue weighted by Gasteiger charge is 2.37. The van der Waals surface area contributed by atoms with Gasteiger partial charge in [-0.25, -0.2) is 4.98 Å². The van der Waals surface area contributed by atoms with Gasteiger partial charge in [0.05, 0.1) is 47.8 Å². The Hall–Kier alpha value is -3.43. The van der Waals surface area contributed by atoms with E-state index in [2.05, 4.69) is 27.1 Å². The molecule has 0 aliphatic carbocycles. The quantitative estimate of drug-likeness (QED) is 0.477. The van der Waals surface area contributed by atoms with Gasteiger partial charge in [0, 0.05) is 18.8 Å². The molecule has 6 rings (SSSR count). The van der Waals surface area contributed by atoms with E-state index in [0.717, 1.165) is 51.1 Å². The maximum Gasteiger partial charge on any atom is 0.272 e. The van der Waals surface area contributed by atoms with E-state index >= 15 is 0 Å². The largest absolute Gasteiger partial charge is 0.496 e. The second-order valence-corrected chi connectivity index (χ2v) is 10.1. The monoisotopic (exact) mass is 475 g/mol. The van der Waals surface area contributed by atoms with Crippen molar-refractivity contribution in [1.82, 2.24) is 24.6 Å². The zero-order chi connectivity index (χ0) is 23.4. The molecule has 1 N–H and O–H groups in total. The predicted octanol–water partition coefficient (Wildman–Crippen LogP) is 3.63. The molecule has 0 saturated carbocycles. The average Bonchev–Trinajstić information content (AvgIpc) is 3.56. The first-order valence-corrected chi connectivity index (χ1v) is 12.1. The Balaban J connectivity index is 1.53. The molecule has 1 aromatic carbocycles. The van der Waals surface area contributed by atoms with E-state index in [1.807, 2.05) is 43.7 Å². The Bertz CT molecular complexity index is 1400. The number of nitrogens with one attached hydrogen (secondary N) is 1. The fourth-order valence-corrected chi connectivity index (χ4v) is 5.41. The van der Waals surface area contributed by atoms with E-state index in [1.54, 1.807) is 23.1 Å². The fraction of sp³-hybridized carbons (Fsp3) is 0.320. The Labute approximate surface area is 201 Å². The molecule has 4 aromatic rings. The molecule has 174 valence electrons. The van der Waals surface area contributed by atoms with Crippen molar-refractivity contribution in [2.75, 3.05) is 20.3 Å². The van der Waals surface area contributed by atoms with Gasteiger partial charge in [0.2, 0.25) is 0 Å². The lowest BCUT2D eigenvalue weighted by atomic mass is 9.96. The maximum absolute atomic E-state index is 13.3. The predicted molar refractivity (Wildman–Crippen MR) is 130 cm³/mol. The third-order valence-corrected chi connectivity index (χ3v) is 7.31. The van der Waals surface area contributed by atoms with Crippen LogP contribution in [0.1, 0.15) is 28.7 Å². The van der Waals surface area contributed by atoms with Crippen molar-refractivity contribution < 1.29 is 14.3 Å². The number of ether oxygens (including phenoxy) is 2. The second kappa shape index (κ2) is 7.82. The number of carbonyl (C=O) groups excluding carboxylic acids is 1. The number of hydrogen-bond donors (Lipinski definition) is 1. The summed E-state index contributed by atoms with van der Waals surface area (Å²) >= 11 is 1.61. The van der Waals surface area contributed by atoms with Crippen LogP contribution in [0.5, 0.6) is 5.75 Å². The first kappa shape index (κ1) is 21.1.